The predicted octanol–water partition coefficient (Wildman–Crippen LogP) is 2.58. The van der Waals surface area contributed by atoms with E-state index in [2.05, 4.69) is 0 Å². The summed E-state index contributed by atoms with van der Waals surface area (Å²) in [5.74, 6) is 0.0558. The second kappa shape index (κ2) is 7.11. The Labute approximate surface area is 155 Å². The standard InChI is InChI=1S/C20H17NO6/c22-16(13-7-8-17-18(10-13)27-12-26-17)11-25-20(24)14-4-1-2-5-15(14)21-9-3-6-19(21)23/h1-2,4-5,7-8,10H,3,6,9,11-12H2. The number of carbonyl (C=O) groups is 3. The van der Waals surface area contributed by atoms with Gasteiger partial charge in [0.05, 0.1) is 11.3 Å². The molecule has 0 N–H and O–H groups in total. The van der Waals surface area contributed by atoms with E-state index in [1.165, 1.54) is 0 Å². The number of benzene rings is 2. The maximum absolute atomic E-state index is 12.5. The first-order chi connectivity index (χ1) is 13.1. The fraction of sp³-hybridized carbons (Fsp3) is 0.250. The van der Waals surface area contributed by atoms with Gasteiger partial charge in [0.1, 0.15) is 0 Å². The Morgan fingerprint density at radius 2 is 1.89 bits per heavy atom. The van der Waals surface area contributed by atoms with Crippen LogP contribution in [0.4, 0.5) is 5.69 Å². The van der Waals surface area contributed by atoms with E-state index in [1.807, 2.05) is 0 Å². The largest absolute Gasteiger partial charge is 0.454 e. The zero-order chi connectivity index (χ0) is 18.8. The number of nitrogens with zero attached hydrogens (tertiary/aromatic N) is 1. The van der Waals surface area contributed by atoms with Gasteiger partial charge in [-0.05, 0) is 36.8 Å². The molecule has 0 aliphatic carbocycles. The van der Waals surface area contributed by atoms with Crippen LogP contribution in [0.25, 0.3) is 0 Å². The van der Waals surface area contributed by atoms with Crippen LogP contribution in [0.3, 0.4) is 0 Å². The molecule has 2 aromatic carbocycles. The zero-order valence-corrected chi connectivity index (χ0v) is 14.5. The monoisotopic (exact) mass is 367 g/mol. The minimum Gasteiger partial charge on any atom is -0.454 e. The predicted molar refractivity (Wildman–Crippen MR) is 95.2 cm³/mol. The van der Waals surface area contributed by atoms with Crippen molar-refractivity contribution in [2.24, 2.45) is 0 Å². The van der Waals surface area contributed by atoms with Gasteiger partial charge in [0.25, 0.3) is 0 Å². The summed E-state index contributed by atoms with van der Waals surface area (Å²) in [6.07, 6.45) is 1.22. The number of Topliss-reactive ketones (excluding diaryl/α,β-unsaturated/α-hetero) is 1. The minimum atomic E-state index is -0.639. The van der Waals surface area contributed by atoms with Crippen LogP contribution in [0.15, 0.2) is 42.5 Å². The van der Waals surface area contributed by atoms with Gasteiger partial charge in [-0.2, -0.15) is 0 Å². The van der Waals surface area contributed by atoms with E-state index < -0.39 is 12.6 Å². The van der Waals surface area contributed by atoms with Crippen LogP contribution in [-0.2, 0) is 9.53 Å². The SMILES string of the molecule is O=C(COC(=O)c1ccccc1N1CCCC1=O)c1ccc2c(c1)OCO2. The number of ether oxygens (including phenoxy) is 3. The number of rotatable bonds is 5. The van der Waals surface area contributed by atoms with E-state index in [0.717, 1.165) is 6.42 Å². The third-order valence-electron chi connectivity index (χ3n) is 4.52. The Bertz CT molecular complexity index is 922. The lowest BCUT2D eigenvalue weighted by molar-refractivity contribution is -0.117. The van der Waals surface area contributed by atoms with Crippen LogP contribution >= 0.6 is 0 Å². The molecule has 0 atom stereocenters. The first-order valence-corrected chi connectivity index (χ1v) is 8.63. The smallest absolute Gasteiger partial charge is 0.340 e. The van der Waals surface area contributed by atoms with Crippen molar-refractivity contribution in [1.29, 1.82) is 0 Å². The molecule has 0 bridgehead atoms. The van der Waals surface area contributed by atoms with E-state index in [4.69, 9.17) is 14.2 Å². The number of para-hydroxylation sites is 1. The van der Waals surface area contributed by atoms with Crippen LogP contribution < -0.4 is 14.4 Å². The molecule has 2 aromatic rings. The van der Waals surface area contributed by atoms with Crippen molar-refractivity contribution in [2.45, 2.75) is 12.8 Å². The van der Waals surface area contributed by atoms with Gasteiger partial charge in [0, 0.05) is 18.5 Å². The highest BCUT2D eigenvalue weighted by molar-refractivity contribution is 6.05. The van der Waals surface area contributed by atoms with Crippen molar-refractivity contribution >= 4 is 23.3 Å². The van der Waals surface area contributed by atoms with Gasteiger partial charge in [-0.3, -0.25) is 9.59 Å². The lowest BCUT2D eigenvalue weighted by Crippen LogP contribution is -2.26. The Morgan fingerprint density at radius 1 is 1.07 bits per heavy atom. The lowest BCUT2D eigenvalue weighted by Gasteiger charge is -2.18. The molecule has 4 rings (SSSR count). The minimum absolute atomic E-state index is 0.0216. The topological polar surface area (TPSA) is 82.1 Å². The number of fused-ring (bicyclic) bond motifs is 1. The molecule has 2 aliphatic rings. The summed E-state index contributed by atoms with van der Waals surface area (Å²) >= 11 is 0. The lowest BCUT2D eigenvalue weighted by atomic mass is 10.1. The van der Waals surface area contributed by atoms with Crippen LogP contribution in [0.1, 0.15) is 33.6 Å². The highest BCUT2D eigenvalue weighted by atomic mass is 16.7. The van der Waals surface area contributed by atoms with E-state index in [1.54, 1.807) is 47.4 Å². The van der Waals surface area contributed by atoms with Crippen molar-refractivity contribution in [3.05, 3.63) is 53.6 Å². The van der Waals surface area contributed by atoms with Gasteiger partial charge in [0.2, 0.25) is 12.7 Å². The molecule has 0 spiro atoms. The van der Waals surface area contributed by atoms with Crippen molar-refractivity contribution in [3.63, 3.8) is 0 Å². The van der Waals surface area contributed by atoms with E-state index in [9.17, 15) is 14.4 Å². The first kappa shape index (κ1) is 17.1. The molecular formula is C20H17NO6. The maximum Gasteiger partial charge on any atom is 0.340 e. The summed E-state index contributed by atoms with van der Waals surface area (Å²) in [7, 11) is 0. The molecular weight excluding hydrogens is 350 g/mol. The third kappa shape index (κ3) is 3.36. The molecule has 1 fully saturated rings. The summed E-state index contributed by atoms with van der Waals surface area (Å²) in [5, 5.41) is 0. The van der Waals surface area contributed by atoms with Crippen molar-refractivity contribution in [3.8, 4) is 11.5 Å². The molecule has 0 aromatic heterocycles. The molecule has 2 heterocycles. The summed E-state index contributed by atoms with van der Waals surface area (Å²) in [5.41, 5.74) is 1.15. The summed E-state index contributed by atoms with van der Waals surface area (Å²) < 4.78 is 15.7. The van der Waals surface area contributed by atoms with Gasteiger partial charge in [-0.25, -0.2) is 4.79 Å². The summed E-state index contributed by atoms with van der Waals surface area (Å²) in [6, 6.07) is 11.6. The number of esters is 1. The first-order valence-electron chi connectivity index (χ1n) is 8.63. The second-order valence-corrected chi connectivity index (χ2v) is 6.23. The fourth-order valence-corrected chi connectivity index (χ4v) is 3.15. The zero-order valence-electron chi connectivity index (χ0n) is 14.5. The molecule has 7 nitrogen and oxygen atoms in total. The fourth-order valence-electron chi connectivity index (χ4n) is 3.15. The van der Waals surface area contributed by atoms with Crippen LogP contribution in [0.2, 0.25) is 0 Å². The van der Waals surface area contributed by atoms with Crippen LogP contribution in [-0.4, -0.2) is 37.6 Å². The maximum atomic E-state index is 12.5. The molecule has 0 unspecified atom stereocenters. The highest BCUT2D eigenvalue weighted by Crippen LogP contribution is 2.32. The van der Waals surface area contributed by atoms with E-state index in [-0.39, 0.29) is 24.0 Å². The molecule has 1 amide bonds. The average molecular weight is 367 g/mol. The number of hydrogen-bond donors (Lipinski definition) is 0. The number of anilines is 1. The Morgan fingerprint density at radius 3 is 2.70 bits per heavy atom. The van der Waals surface area contributed by atoms with Crippen LogP contribution in [0.5, 0.6) is 11.5 Å². The number of carbonyl (C=O) groups excluding carboxylic acids is 3. The quantitative estimate of drug-likeness (QED) is 0.597. The van der Waals surface area contributed by atoms with Crippen molar-refractivity contribution in [1.82, 2.24) is 0 Å². The van der Waals surface area contributed by atoms with Gasteiger partial charge in [-0.15, -0.1) is 0 Å². The van der Waals surface area contributed by atoms with Gasteiger partial charge in [0.15, 0.2) is 23.9 Å². The van der Waals surface area contributed by atoms with Crippen LogP contribution in [0, 0.1) is 0 Å². The van der Waals surface area contributed by atoms with E-state index >= 15 is 0 Å². The Balaban J connectivity index is 1.45. The molecule has 27 heavy (non-hydrogen) atoms. The summed E-state index contributed by atoms with van der Waals surface area (Å²) in [4.78, 5) is 38.4. The molecule has 2 aliphatic heterocycles. The van der Waals surface area contributed by atoms with Gasteiger partial charge < -0.3 is 19.1 Å². The molecule has 138 valence electrons. The second-order valence-electron chi connectivity index (χ2n) is 6.23. The molecule has 7 heteroatoms. The Kier molecular flexibility index (Phi) is 4.50. The normalized spacial score (nSPS) is 15.1. The molecule has 0 saturated carbocycles. The van der Waals surface area contributed by atoms with E-state index in [0.29, 0.717) is 35.7 Å². The average Bonchev–Trinajstić information content (AvgIpc) is 3.33. The number of ketones is 1. The molecule has 0 radical (unpaired) electrons. The van der Waals surface area contributed by atoms with Gasteiger partial charge >= 0.3 is 5.97 Å². The number of hydrogen-bond acceptors (Lipinski definition) is 6. The Hall–Kier alpha value is -3.35. The van der Waals surface area contributed by atoms with Crippen molar-refractivity contribution in [2.75, 3.05) is 24.8 Å². The summed E-state index contributed by atoms with van der Waals surface area (Å²) in [6.45, 7) is 0.286. The number of amides is 1. The third-order valence-corrected chi connectivity index (χ3v) is 4.52. The van der Waals surface area contributed by atoms with Gasteiger partial charge in [-0.1, -0.05) is 12.1 Å². The van der Waals surface area contributed by atoms with Crippen molar-refractivity contribution < 1.29 is 28.6 Å². The highest BCUT2D eigenvalue weighted by Gasteiger charge is 2.26. The molecule has 1 saturated heterocycles.